The minimum absolute atomic E-state index is 0.0885. The highest BCUT2D eigenvalue weighted by molar-refractivity contribution is 7.99. The number of nitrogens with one attached hydrogen (secondary N) is 1. The fourth-order valence-corrected chi connectivity index (χ4v) is 2.01. The van der Waals surface area contributed by atoms with Crippen LogP contribution in [0.2, 0.25) is 0 Å². The van der Waals surface area contributed by atoms with Crippen LogP contribution in [0.3, 0.4) is 0 Å². The van der Waals surface area contributed by atoms with Crippen molar-refractivity contribution in [3.05, 3.63) is 24.3 Å². The van der Waals surface area contributed by atoms with E-state index in [-0.39, 0.29) is 5.91 Å². The van der Waals surface area contributed by atoms with E-state index >= 15 is 0 Å². The Morgan fingerprint density at radius 1 is 1.28 bits per heavy atom. The monoisotopic (exact) mass is 293 g/mol. The molecule has 1 amide bonds. The van der Waals surface area contributed by atoms with Crippen LogP contribution in [0.5, 0.6) is 0 Å². The Kier molecular flexibility index (Phi) is 7.05. The SMILES string of the molecule is O=C(CCCCCl)Nc1ccc(SC(F)F)cc1. The van der Waals surface area contributed by atoms with Gasteiger partial charge in [-0.25, -0.2) is 0 Å². The number of rotatable bonds is 7. The molecule has 6 heteroatoms. The fraction of sp³-hybridized carbons (Fsp3) is 0.417. The molecule has 0 aliphatic heterocycles. The summed E-state index contributed by atoms with van der Waals surface area (Å²) in [6.45, 7) is 0. The summed E-state index contributed by atoms with van der Waals surface area (Å²) in [4.78, 5) is 11.9. The molecule has 0 radical (unpaired) electrons. The van der Waals surface area contributed by atoms with Gasteiger partial charge in [0.15, 0.2) is 0 Å². The maximum absolute atomic E-state index is 12.1. The van der Waals surface area contributed by atoms with Crippen LogP contribution >= 0.6 is 23.4 Å². The van der Waals surface area contributed by atoms with E-state index in [9.17, 15) is 13.6 Å². The van der Waals surface area contributed by atoms with E-state index in [4.69, 9.17) is 11.6 Å². The largest absolute Gasteiger partial charge is 0.326 e. The van der Waals surface area contributed by atoms with Gasteiger partial charge in [0.2, 0.25) is 5.91 Å². The Hall–Kier alpha value is -0.810. The molecule has 2 nitrogen and oxygen atoms in total. The summed E-state index contributed by atoms with van der Waals surface area (Å²) in [6, 6.07) is 6.35. The van der Waals surface area contributed by atoms with Crippen molar-refractivity contribution in [3.8, 4) is 0 Å². The molecule has 0 atom stereocenters. The maximum Gasteiger partial charge on any atom is 0.288 e. The van der Waals surface area contributed by atoms with Crippen molar-refractivity contribution < 1.29 is 13.6 Å². The molecule has 0 spiro atoms. The normalized spacial score (nSPS) is 10.7. The number of unbranched alkanes of at least 4 members (excludes halogenated alkanes) is 1. The standard InChI is InChI=1S/C12H14ClF2NOS/c13-8-2-1-3-11(17)16-9-4-6-10(7-5-9)18-12(14)15/h4-7,12H,1-3,8H2,(H,16,17). The van der Waals surface area contributed by atoms with Crippen molar-refractivity contribution in [2.24, 2.45) is 0 Å². The highest BCUT2D eigenvalue weighted by Gasteiger charge is 2.06. The lowest BCUT2D eigenvalue weighted by molar-refractivity contribution is -0.116. The minimum Gasteiger partial charge on any atom is -0.326 e. The number of benzene rings is 1. The molecule has 1 aromatic carbocycles. The molecule has 0 bridgehead atoms. The number of halogens is 3. The van der Waals surface area contributed by atoms with Crippen molar-refractivity contribution in [2.75, 3.05) is 11.2 Å². The predicted molar refractivity (Wildman–Crippen MR) is 71.5 cm³/mol. The first-order valence-electron chi connectivity index (χ1n) is 5.52. The van der Waals surface area contributed by atoms with Gasteiger partial charge in [0.1, 0.15) is 0 Å². The van der Waals surface area contributed by atoms with Gasteiger partial charge in [-0.05, 0) is 37.1 Å². The highest BCUT2D eigenvalue weighted by Crippen LogP contribution is 2.26. The number of carbonyl (C=O) groups excluding carboxylic acids is 1. The van der Waals surface area contributed by atoms with Crippen molar-refractivity contribution in [1.29, 1.82) is 0 Å². The van der Waals surface area contributed by atoms with Crippen LogP contribution in [0.1, 0.15) is 19.3 Å². The lowest BCUT2D eigenvalue weighted by atomic mass is 10.2. The Balaban J connectivity index is 2.40. The molecule has 18 heavy (non-hydrogen) atoms. The number of hydrogen-bond acceptors (Lipinski definition) is 2. The molecule has 0 unspecified atom stereocenters. The molecule has 1 rings (SSSR count). The van der Waals surface area contributed by atoms with E-state index in [1.807, 2.05) is 0 Å². The smallest absolute Gasteiger partial charge is 0.288 e. The Morgan fingerprint density at radius 3 is 2.50 bits per heavy atom. The van der Waals surface area contributed by atoms with Gasteiger partial charge in [-0.3, -0.25) is 4.79 Å². The van der Waals surface area contributed by atoms with Crippen LogP contribution in [-0.2, 0) is 4.79 Å². The second-order valence-electron chi connectivity index (χ2n) is 3.60. The first-order chi connectivity index (χ1) is 8.61. The molecular formula is C12H14ClF2NOS. The zero-order valence-corrected chi connectivity index (χ0v) is 11.2. The van der Waals surface area contributed by atoms with E-state index in [1.165, 1.54) is 0 Å². The first-order valence-corrected chi connectivity index (χ1v) is 6.94. The molecule has 0 saturated carbocycles. The van der Waals surface area contributed by atoms with Crippen molar-refractivity contribution in [1.82, 2.24) is 0 Å². The van der Waals surface area contributed by atoms with Gasteiger partial charge >= 0.3 is 0 Å². The van der Waals surface area contributed by atoms with Crippen LogP contribution in [0.15, 0.2) is 29.2 Å². The lowest BCUT2D eigenvalue weighted by Crippen LogP contribution is -2.10. The zero-order chi connectivity index (χ0) is 13.4. The molecule has 0 heterocycles. The van der Waals surface area contributed by atoms with Crippen LogP contribution in [-0.4, -0.2) is 17.5 Å². The van der Waals surface area contributed by atoms with Gasteiger partial charge in [-0.2, -0.15) is 8.78 Å². The summed E-state index contributed by atoms with van der Waals surface area (Å²) < 4.78 is 24.2. The first kappa shape index (κ1) is 15.2. The summed E-state index contributed by atoms with van der Waals surface area (Å²) in [6.07, 6.45) is 1.97. The quantitative estimate of drug-likeness (QED) is 0.460. The molecule has 1 N–H and O–H groups in total. The molecule has 0 saturated heterocycles. The van der Waals surface area contributed by atoms with E-state index < -0.39 is 5.76 Å². The molecule has 100 valence electrons. The highest BCUT2D eigenvalue weighted by atomic mass is 35.5. The summed E-state index contributed by atoms with van der Waals surface area (Å²) in [5, 5.41) is 2.70. The number of alkyl halides is 3. The zero-order valence-electron chi connectivity index (χ0n) is 9.67. The van der Waals surface area contributed by atoms with Gasteiger partial charge < -0.3 is 5.32 Å². The van der Waals surface area contributed by atoms with Crippen LogP contribution < -0.4 is 5.32 Å². The third-order valence-electron chi connectivity index (χ3n) is 2.15. The maximum atomic E-state index is 12.1. The van der Waals surface area contributed by atoms with Crippen LogP contribution in [0, 0.1) is 0 Å². The molecular weight excluding hydrogens is 280 g/mol. The Labute approximate surface area is 114 Å². The second kappa shape index (κ2) is 8.32. The average molecular weight is 294 g/mol. The van der Waals surface area contributed by atoms with Crippen molar-refractivity contribution in [2.45, 2.75) is 29.9 Å². The molecule has 0 fully saturated rings. The van der Waals surface area contributed by atoms with Crippen LogP contribution in [0.25, 0.3) is 0 Å². The molecule has 0 aliphatic rings. The molecule has 0 aliphatic carbocycles. The van der Waals surface area contributed by atoms with Gasteiger partial charge in [0.05, 0.1) is 0 Å². The summed E-state index contributed by atoms with van der Waals surface area (Å²) in [7, 11) is 0. The van der Waals surface area contributed by atoms with Crippen molar-refractivity contribution >= 4 is 35.0 Å². The second-order valence-corrected chi connectivity index (χ2v) is 5.04. The van der Waals surface area contributed by atoms with E-state index in [2.05, 4.69) is 5.32 Å². The molecule has 1 aromatic rings. The average Bonchev–Trinajstić information content (AvgIpc) is 2.31. The van der Waals surface area contributed by atoms with Crippen molar-refractivity contribution in [3.63, 3.8) is 0 Å². The summed E-state index contributed by atoms with van der Waals surface area (Å²) in [5.41, 5.74) is 0.615. The predicted octanol–water partition coefficient (Wildman–Crippen LogP) is 4.35. The lowest BCUT2D eigenvalue weighted by Gasteiger charge is -2.06. The number of amides is 1. The Bertz CT molecular complexity index is 373. The van der Waals surface area contributed by atoms with E-state index in [0.717, 1.165) is 12.8 Å². The van der Waals surface area contributed by atoms with E-state index in [1.54, 1.807) is 24.3 Å². The van der Waals surface area contributed by atoms with Crippen LogP contribution in [0.4, 0.5) is 14.5 Å². The fourth-order valence-electron chi connectivity index (χ4n) is 1.32. The third-order valence-corrected chi connectivity index (χ3v) is 3.14. The van der Waals surface area contributed by atoms with E-state index in [0.29, 0.717) is 34.6 Å². The molecule has 0 aromatic heterocycles. The third kappa shape index (κ3) is 6.21. The van der Waals surface area contributed by atoms with Gasteiger partial charge in [0, 0.05) is 22.9 Å². The summed E-state index contributed by atoms with van der Waals surface area (Å²) >= 11 is 5.99. The van der Waals surface area contributed by atoms with Gasteiger partial charge in [-0.1, -0.05) is 11.8 Å². The number of anilines is 1. The number of carbonyl (C=O) groups is 1. The van der Waals surface area contributed by atoms with Gasteiger partial charge in [-0.15, -0.1) is 11.6 Å². The number of hydrogen-bond donors (Lipinski definition) is 1. The number of thioether (sulfide) groups is 1. The minimum atomic E-state index is -2.43. The van der Waals surface area contributed by atoms with Gasteiger partial charge in [0.25, 0.3) is 5.76 Å². The summed E-state index contributed by atoms with van der Waals surface area (Å²) in [5.74, 6) is -1.97. The topological polar surface area (TPSA) is 29.1 Å². The Morgan fingerprint density at radius 2 is 1.94 bits per heavy atom.